The van der Waals surface area contributed by atoms with Crippen molar-refractivity contribution in [1.82, 2.24) is 20.0 Å². The number of aromatic nitrogens is 3. The monoisotopic (exact) mass is 361 g/mol. The third-order valence-corrected chi connectivity index (χ3v) is 5.77. The summed E-state index contributed by atoms with van der Waals surface area (Å²) in [5.41, 5.74) is 1.06. The van der Waals surface area contributed by atoms with Gasteiger partial charge < -0.3 is 4.52 Å². The normalized spacial score (nSPS) is 19.3. The predicted molar refractivity (Wildman–Crippen MR) is 94.6 cm³/mol. The van der Waals surface area contributed by atoms with Crippen molar-refractivity contribution in [3.63, 3.8) is 0 Å². The van der Waals surface area contributed by atoms with E-state index < -0.39 is 0 Å². The van der Waals surface area contributed by atoms with Crippen LogP contribution in [-0.2, 0) is 11.3 Å². The van der Waals surface area contributed by atoms with E-state index in [1.807, 2.05) is 11.8 Å². The SMILES string of the molecule is CC(=O)N(c1nc(CN2CCC(c3noc(C)n3)CC2)cs1)C1CC1. The molecule has 2 aromatic heterocycles. The minimum atomic E-state index is 0.0969. The summed E-state index contributed by atoms with van der Waals surface area (Å²) < 4.78 is 5.09. The number of piperidine rings is 1. The lowest BCUT2D eigenvalue weighted by molar-refractivity contribution is -0.116. The second-order valence-corrected chi connectivity index (χ2v) is 7.80. The quantitative estimate of drug-likeness (QED) is 0.815. The zero-order valence-electron chi connectivity index (χ0n) is 14.6. The van der Waals surface area contributed by atoms with Gasteiger partial charge in [-0.2, -0.15) is 4.98 Å². The Hall–Kier alpha value is -1.80. The molecule has 3 heterocycles. The van der Waals surface area contributed by atoms with Crippen molar-refractivity contribution in [2.75, 3.05) is 18.0 Å². The second kappa shape index (κ2) is 6.84. The molecular weight excluding hydrogens is 338 g/mol. The van der Waals surface area contributed by atoms with Gasteiger partial charge >= 0.3 is 0 Å². The Labute approximate surface area is 151 Å². The average Bonchev–Trinajstić information content (AvgIpc) is 3.14. The van der Waals surface area contributed by atoms with Crippen molar-refractivity contribution >= 4 is 22.4 Å². The van der Waals surface area contributed by atoms with E-state index in [2.05, 4.69) is 20.4 Å². The number of hydrogen-bond donors (Lipinski definition) is 0. The summed E-state index contributed by atoms with van der Waals surface area (Å²) in [6, 6.07) is 0.366. The van der Waals surface area contributed by atoms with Crippen LogP contribution in [0, 0.1) is 6.92 Å². The molecule has 1 aliphatic carbocycles. The predicted octanol–water partition coefficient (Wildman–Crippen LogP) is 2.73. The molecule has 1 aliphatic heterocycles. The van der Waals surface area contributed by atoms with Crippen molar-refractivity contribution in [2.45, 2.75) is 58.0 Å². The van der Waals surface area contributed by atoms with Gasteiger partial charge in [0.05, 0.1) is 5.69 Å². The minimum absolute atomic E-state index is 0.0969. The zero-order valence-corrected chi connectivity index (χ0v) is 15.5. The molecule has 1 saturated carbocycles. The summed E-state index contributed by atoms with van der Waals surface area (Å²) in [6.07, 6.45) is 4.27. The number of hydrogen-bond acceptors (Lipinski definition) is 7. The van der Waals surface area contributed by atoms with Crippen molar-refractivity contribution in [3.8, 4) is 0 Å². The van der Waals surface area contributed by atoms with E-state index in [1.54, 1.807) is 18.3 Å². The molecule has 0 radical (unpaired) electrons. The van der Waals surface area contributed by atoms with E-state index in [0.717, 1.165) is 62.0 Å². The summed E-state index contributed by atoms with van der Waals surface area (Å²) in [7, 11) is 0. The summed E-state index contributed by atoms with van der Waals surface area (Å²) in [5, 5.41) is 6.99. The van der Waals surface area contributed by atoms with Crippen LogP contribution in [0.5, 0.6) is 0 Å². The second-order valence-electron chi connectivity index (χ2n) is 6.96. The van der Waals surface area contributed by atoms with Crippen molar-refractivity contribution < 1.29 is 9.32 Å². The van der Waals surface area contributed by atoms with Crippen LogP contribution in [-0.4, -0.2) is 45.1 Å². The highest BCUT2D eigenvalue weighted by molar-refractivity contribution is 7.14. The maximum absolute atomic E-state index is 11.9. The number of carbonyl (C=O) groups is 1. The summed E-state index contributed by atoms with van der Waals surface area (Å²) in [4.78, 5) is 25.2. The van der Waals surface area contributed by atoms with E-state index in [9.17, 15) is 4.79 Å². The molecule has 2 fully saturated rings. The molecule has 2 aliphatic rings. The van der Waals surface area contributed by atoms with E-state index in [4.69, 9.17) is 9.51 Å². The first-order valence-corrected chi connectivity index (χ1v) is 9.75. The molecule has 0 atom stereocenters. The first-order chi connectivity index (χ1) is 12.1. The van der Waals surface area contributed by atoms with Gasteiger partial charge in [0.2, 0.25) is 11.8 Å². The molecule has 1 amide bonds. The van der Waals surface area contributed by atoms with Gasteiger partial charge in [-0.05, 0) is 38.8 Å². The number of likely N-dealkylation sites (tertiary alicyclic amines) is 1. The molecule has 134 valence electrons. The fraction of sp³-hybridized carbons (Fsp3) is 0.647. The van der Waals surface area contributed by atoms with Gasteiger partial charge in [0.25, 0.3) is 0 Å². The molecule has 2 aromatic rings. The van der Waals surface area contributed by atoms with Crippen molar-refractivity contribution in [2.24, 2.45) is 0 Å². The first kappa shape index (κ1) is 16.7. The fourth-order valence-corrected chi connectivity index (χ4v) is 4.35. The molecular formula is C17H23N5O2S. The smallest absolute Gasteiger partial charge is 0.225 e. The lowest BCUT2D eigenvalue weighted by Crippen LogP contribution is -2.33. The number of rotatable bonds is 5. The van der Waals surface area contributed by atoms with E-state index in [-0.39, 0.29) is 5.91 Å². The van der Waals surface area contributed by atoms with Crippen LogP contribution >= 0.6 is 11.3 Å². The van der Waals surface area contributed by atoms with Crippen LogP contribution in [0.2, 0.25) is 0 Å². The maximum atomic E-state index is 11.9. The van der Waals surface area contributed by atoms with Crippen LogP contribution in [0.1, 0.15) is 55.9 Å². The number of thiazole rings is 1. The number of nitrogens with zero attached hydrogens (tertiary/aromatic N) is 5. The Morgan fingerprint density at radius 2 is 2.08 bits per heavy atom. The highest BCUT2D eigenvalue weighted by Crippen LogP contribution is 2.34. The number of carbonyl (C=O) groups excluding carboxylic acids is 1. The van der Waals surface area contributed by atoms with Gasteiger partial charge in [0, 0.05) is 37.7 Å². The third-order valence-electron chi connectivity index (χ3n) is 4.88. The minimum Gasteiger partial charge on any atom is -0.340 e. The lowest BCUT2D eigenvalue weighted by Gasteiger charge is -2.29. The average molecular weight is 361 g/mol. The van der Waals surface area contributed by atoms with Crippen LogP contribution in [0.25, 0.3) is 0 Å². The largest absolute Gasteiger partial charge is 0.340 e. The topological polar surface area (TPSA) is 75.4 Å². The standard InChI is InChI=1S/C17H23N5O2S/c1-11-18-16(20-24-11)13-5-7-21(8-6-13)9-14-10-25-17(19-14)22(12(2)23)15-3-4-15/h10,13,15H,3-9H2,1-2H3. The Balaban J connectivity index is 1.34. The summed E-state index contributed by atoms with van der Waals surface area (Å²) >= 11 is 1.58. The van der Waals surface area contributed by atoms with Crippen molar-refractivity contribution in [1.29, 1.82) is 0 Å². The molecule has 4 rings (SSSR count). The van der Waals surface area contributed by atoms with Crippen LogP contribution in [0.3, 0.4) is 0 Å². The molecule has 0 N–H and O–H groups in total. The Morgan fingerprint density at radius 3 is 2.68 bits per heavy atom. The summed E-state index contributed by atoms with van der Waals surface area (Å²) in [5.74, 6) is 1.97. The van der Waals surface area contributed by atoms with Crippen LogP contribution in [0.15, 0.2) is 9.90 Å². The van der Waals surface area contributed by atoms with Crippen LogP contribution in [0.4, 0.5) is 5.13 Å². The Bertz CT molecular complexity index is 746. The molecule has 7 nitrogen and oxygen atoms in total. The highest BCUT2D eigenvalue weighted by atomic mass is 32.1. The van der Waals surface area contributed by atoms with Gasteiger partial charge in [-0.25, -0.2) is 4.98 Å². The van der Waals surface area contributed by atoms with Gasteiger partial charge in [-0.15, -0.1) is 11.3 Å². The molecule has 0 spiro atoms. The maximum Gasteiger partial charge on any atom is 0.225 e. The lowest BCUT2D eigenvalue weighted by atomic mass is 9.96. The molecule has 0 bridgehead atoms. The van der Waals surface area contributed by atoms with Crippen LogP contribution < -0.4 is 4.90 Å². The van der Waals surface area contributed by atoms with Crippen molar-refractivity contribution in [3.05, 3.63) is 22.8 Å². The first-order valence-electron chi connectivity index (χ1n) is 8.87. The van der Waals surface area contributed by atoms with E-state index in [0.29, 0.717) is 17.9 Å². The number of anilines is 1. The van der Waals surface area contributed by atoms with E-state index in [1.165, 1.54) is 0 Å². The zero-order chi connectivity index (χ0) is 17.4. The summed E-state index contributed by atoms with van der Waals surface area (Å²) in [6.45, 7) is 6.31. The fourth-order valence-electron chi connectivity index (χ4n) is 3.42. The molecule has 0 unspecified atom stereocenters. The van der Waals surface area contributed by atoms with Gasteiger partial charge in [-0.3, -0.25) is 14.6 Å². The van der Waals surface area contributed by atoms with Gasteiger partial charge in [0.15, 0.2) is 11.0 Å². The number of aryl methyl sites for hydroxylation is 1. The number of amides is 1. The third kappa shape index (κ3) is 3.74. The molecule has 1 saturated heterocycles. The molecule has 8 heteroatoms. The van der Waals surface area contributed by atoms with E-state index >= 15 is 0 Å². The van der Waals surface area contributed by atoms with Gasteiger partial charge in [0.1, 0.15) is 0 Å². The molecule has 0 aromatic carbocycles. The highest BCUT2D eigenvalue weighted by Gasteiger charge is 2.34. The molecule has 25 heavy (non-hydrogen) atoms. The van der Waals surface area contributed by atoms with Gasteiger partial charge in [-0.1, -0.05) is 5.16 Å². The Kier molecular flexibility index (Phi) is 4.56. The Morgan fingerprint density at radius 1 is 1.32 bits per heavy atom.